The van der Waals surface area contributed by atoms with Crippen molar-refractivity contribution in [1.82, 2.24) is 15.0 Å². The van der Waals surface area contributed by atoms with Crippen LogP contribution in [0.4, 0.5) is 0 Å². The molecule has 0 aromatic carbocycles. The Morgan fingerprint density at radius 2 is 2.29 bits per heavy atom. The van der Waals surface area contributed by atoms with Crippen molar-refractivity contribution in [3.05, 3.63) is 11.7 Å². The van der Waals surface area contributed by atoms with Crippen molar-refractivity contribution in [2.24, 2.45) is 11.7 Å². The third kappa shape index (κ3) is 3.26. The summed E-state index contributed by atoms with van der Waals surface area (Å²) in [5.41, 5.74) is 5.82. The van der Waals surface area contributed by atoms with E-state index < -0.39 is 0 Å². The highest BCUT2D eigenvalue weighted by molar-refractivity contribution is 4.91. The number of nitrogens with two attached hydrogens (primary N) is 1. The molecule has 0 bridgehead atoms. The summed E-state index contributed by atoms with van der Waals surface area (Å²) in [6, 6.07) is 0.461. The van der Waals surface area contributed by atoms with Crippen molar-refractivity contribution in [2.45, 2.75) is 45.2 Å². The van der Waals surface area contributed by atoms with Crippen LogP contribution in [0.1, 0.15) is 37.9 Å². The molecule has 2 N–H and O–H groups in total. The molecule has 0 aliphatic heterocycles. The van der Waals surface area contributed by atoms with E-state index in [0.717, 1.165) is 37.0 Å². The second-order valence-corrected chi connectivity index (χ2v) is 4.91. The molecule has 1 aliphatic rings. The van der Waals surface area contributed by atoms with E-state index in [1.807, 2.05) is 0 Å². The van der Waals surface area contributed by atoms with Crippen LogP contribution in [-0.4, -0.2) is 34.7 Å². The molecule has 1 aromatic heterocycles. The Labute approximate surface area is 102 Å². The Balaban J connectivity index is 1.89. The van der Waals surface area contributed by atoms with Crippen molar-refractivity contribution in [2.75, 3.05) is 13.6 Å². The molecular formula is C12H22N4O. The number of nitrogens with zero attached hydrogens (tertiary/aromatic N) is 3. The summed E-state index contributed by atoms with van der Waals surface area (Å²) in [4.78, 5) is 6.62. The summed E-state index contributed by atoms with van der Waals surface area (Å²) in [6.45, 7) is 3.54. The lowest BCUT2D eigenvalue weighted by Gasteiger charge is -2.25. The molecule has 5 nitrogen and oxygen atoms in total. The van der Waals surface area contributed by atoms with Gasteiger partial charge in [0, 0.05) is 19.0 Å². The predicted molar refractivity (Wildman–Crippen MR) is 65.3 cm³/mol. The summed E-state index contributed by atoms with van der Waals surface area (Å²) >= 11 is 0. The molecule has 2 rings (SSSR count). The topological polar surface area (TPSA) is 68.2 Å². The lowest BCUT2D eigenvalue weighted by molar-refractivity contribution is 0.208. The van der Waals surface area contributed by atoms with E-state index in [1.165, 1.54) is 12.8 Å². The van der Waals surface area contributed by atoms with E-state index in [-0.39, 0.29) is 0 Å². The molecule has 5 heteroatoms. The van der Waals surface area contributed by atoms with Gasteiger partial charge in [-0.25, -0.2) is 0 Å². The zero-order valence-corrected chi connectivity index (χ0v) is 10.7. The minimum atomic E-state index is 0.461. The number of aromatic nitrogens is 2. The minimum Gasteiger partial charge on any atom is -0.339 e. The van der Waals surface area contributed by atoms with Gasteiger partial charge in [0.15, 0.2) is 5.82 Å². The first kappa shape index (κ1) is 12.5. The Morgan fingerprint density at radius 3 is 2.88 bits per heavy atom. The monoisotopic (exact) mass is 238 g/mol. The highest BCUT2D eigenvalue weighted by atomic mass is 16.5. The van der Waals surface area contributed by atoms with Crippen LogP contribution >= 0.6 is 0 Å². The molecule has 0 radical (unpaired) electrons. The average molecular weight is 238 g/mol. The molecule has 1 aliphatic carbocycles. The molecule has 17 heavy (non-hydrogen) atoms. The van der Waals surface area contributed by atoms with Crippen molar-refractivity contribution in [1.29, 1.82) is 0 Å². The van der Waals surface area contributed by atoms with Crippen LogP contribution in [0.2, 0.25) is 0 Å². The fourth-order valence-electron chi connectivity index (χ4n) is 2.22. The first-order chi connectivity index (χ1) is 8.24. The zero-order valence-electron chi connectivity index (χ0n) is 10.7. The fourth-order valence-corrected chi connectivity index (χ4v) is 2.22. The number of hydrogen-bond donors (Lipinski definition) is 1. The molecule has 0 saturated heterocycles. The largest absolute Gasteiger partial charge is 0.339 e. The highest BCUT2D eigenvalue weighted by Crippen LogP contribution is 2.34. The normalized spacial score (nSPS) is 17.6. The number of rotatable bonds is 7. The second-order valence-electron chi connectivity index (χ2n) is 4.91. The maximum Gasteiger partial charge on any atom is 0.226 e. The van der Waals surface area contributed by atoms with Crippen molar-refractivity contribution >= 4 is 0 Å². The van der Waals surface area contributed by atoms with Crippen LogP contribution in [0.25, 0.3) is 0 Å². The van der Waals surface area contributed by atoms with Gasteiger partial charge in [-0.3, -0.25) is 4.90 Å². The Hall–Kier alpha value is -0.940. The number of likely N-dealkylation sites (N-methyl/N-ethyl adjacent to an activating group) is 1. The molecule has 96 valence electrons. The summed E-state index contributed by atoms with van der Waals surface area (Å²) in [7, 11) is 2.09. The van der Waals surface area contributed by atoms with E-state index in [1.54, 1.807) is 0 Å². The van der Waals surface area contributed by atoms with Crippen LogP contribution in [0, 0.1) is 5.92 Å². The molecule has 1 heterocycles. The van der Waals surface area contributed by atoms with Crippen molar-refractivity contribution in [3.8, 4) is 0 Å². The maximum absolute atomic E-state index is 5.82. The van der Waals surface area contributed by atoms with Gasteiger partial charge in [0.25, 0.3) is 0 Å². The standard InChI is InChI=1S/C12H22N4O/c1-3-4-12-14-11(15-17-12)8-16(2)10(7-13)9-5-6-9/h9-10H,3-8,13H2,1-2H3. The van der Waals surface area contributed by atoms with Crippen molar-refractivity contribution in [3.63, 3.8) is 0 Å². The van der Waals surface area contributed by atoms with E-state index >= 15 is 0 Å². The van der Waals surface area contributed by atoms with E-state index in [4.69, 9.17) is 10.3 Å². The van der Waals surface area contributed by atoms with Gasteiger partial charge < -0.3 is 10.3 Å². The average Bonchev–Trinajstić information content (AvgIpc) is 3.03. The fraction of sp³-hybridized carbons (Fsp3) is 0.833. The lowest BCUT2D eigenvalue weighted by atomic mass is 10.1. The molecule has 1 atom stereocenters. The van der Waals surface area contributed by atoms with Gasteiger partial charge in [0.2, 0.25) is 5.89 Å². The summed E-state index contributed by atoms with van der Waals surface area (Å²) in [6.07, 6.45) is 4.50. The predicted octanol–water partition coefficient (Wildman–Crippen LogP) is 1.19. The van der Waals surface area contributed by atoms with Gasteiger partial charge in [0.05, 0.1) is 6.54 Å². The smallest absolute Gasteiger partial charge is 0.226 e. The first-order valence-electron chi connectivity index (χ1n) is 6.46. The molecule has 1 unspecified atom stereocenters. The van der Waals surface area contributed by atoms with Gasteiger partial charge in [-0.05, 0) is 32.2 Å². The van der Waals surface area contributed by atoms with Crippen LogP contribution < -0.4 is 5.73 Å². The Morgan fingerprint density at radius 1 is 1.53 bits per heavy atom. The Kier molecular flexibility index (Phi) is 4.12. The van der Waals surface area contributed by atoms with Crippen LogP contribution in [0.5, 0.6) is 0 Å². The Bertz CT molecular complexity index is 348. The third-order valence-corrected chi connectivity index (χ3v) is 3.34. The molecule has 1 saturated carbocycles. The first-order valence-corrected chi connectivity index (χ1v) is 6.46. The van der Waals surface area contributed by atoms with Gasteiger partial charge in [-0.15, -0.1) is 0 Å². The number of hydrogen-bond acceptors (Lipinski definition) is 5. The quantitative estimate of drug-likeness (QED) is 0.773. The molecular weight excluding hydrogens is 216 g/mol. The SMILES string of the molecule is CCCc1nc(CN(C)C(CN)C2CC2)no1. The number of aryl methyl sites for hydroxylation is 1. The molecule has 1 fully saturated rings. The second kappa shape index (κ2) is 5.60. The minimum absolute atomic E-state index is 0.461. The van der Waals surface area contributed by atoms with E-state index in [2.05, 4.69) is 29.0 Å². The zero-order chi connectivity index (χ0) is 12.3. The molecule has 0 amide bonds. The summed E-state index contributed by atoms with van der Waals surface area (Å²) in [5, 5.41) is 4.00. The van der Waals surface area contributed by atoms with E-state index in [9.17, 15) is 0 Å². The van der Waals surface area contributed by atoms with Crippen molar-refractivity contribution < 1.29 is 4.52 Å². The molecule has 1 aromatic rings. The van der Waals surface area contributed by atoms with Crippen LogP contribution in [0.3, 0.4) is 0 Å². The van der Waals surface area contributed by atoms with Crippen LogP contribution in [0.15, 0.2) is 4.52 Å². The molecule has 0 spiro atoms. The van der Waals surface area contributed by atoms with Gasteiger partial charge >= 0.3 is 0 Å². The van der Waals surface area contributed by atoms with Gasteiger partial charge in [0.1, 0.15) is 0 Å². The van der Waals surface area contributed by atoms with Crippen LogP contribution in [-0.2, 0) is 13.0 Å². The highest BCUT2D eigenvalue weighted by Gasteiger charge is 2.33. The maximum atomic E-state index is 5.82. The van der Waals surface area contributed by atoms with Gasteiger partial charge in [-0.1, -0.05) is 12.1 Å². The third-order valence-electron chi connectivity index (χ3n) is 3.34. The summed E-state index contributed by atoms with van der Waals surface area (Å²) < 4.78 is 5.18. The van der Waals surface area contributed by atoms with E-state index in [0.29, 0.717) is 12.6 Å². The van der Waals surface area contributed by atoms with Gasteiger partial charge in [-0.2, -0.15) is 4.98 Å². The lowest BCUT2D eigenvalue weighted by Crippen LogP contribution is -2.39. The summed E-state index contributed by atoms with van der Waals surface area (Å²) in [5.74, 6) is 2.29.